The van der Waals surface area contributed by atoms with Gasteiger partial charge in [0, 0.05) is 13.1 Å². The number of sulfonamides is 1. The molecule has 1 amide bonds. The zero-order valence-corrected chi connectivity index (χ0v) is 12.1. The second-order valence-corrected chi connectivity index (χ2v) is 7.42. The van der Waals surface area contributed by atoms with E-state index in [-0.39, 0.29) is 24.1 Å². The van der Waals surface area contributed by atoms with E-state index in [1.54, 1.807) is 0 Å². The highest BCUT2D eigenvalue weighted by atomic mass is 32.2. The van der Waals surface area contributed by atoms with Gasteiger partial charge in [-0.2, -0.15) is 4.31 Å². The van der Waals surface area contributed by atoms with E-state index in [0.29, 0.717) is 19.5 Å². The molecule has 18 heavy (non-hydrogen) atoms. The Morgan fingerprint density at radius 2 is 2.11 bits per heavy atom. The highest BCUT2D eigenvalue weighted by Gasteiger charge is 2.33. The van der Waals surface area contributed by atoms with Gasteiger partial charge in [-0.3, -0.25) is 4.79 Å². The minimum atomic E-state index is -3.22. The molecule has 0 aliphatic carbocycles. The van der Waals surface area contributed by atoms with Crippen LogP contribution in [0.15, 0.2) is 0 Å². The van der Waals surface area contributed by atoms with Crippen LogP contribution in [-0.2, 0) is 14.8 Å². The van der Waals surface area contributed by atoms with Crippen molar-refractivity contribution in [1.29, 1.82) is 0 Å². The van der Waals surface area contributed by atoms with Crippen molar-refractivity contribution in [1.82, 2.24) is 9.62 Å². The third-order valence-electron chi connectivity index (χ3n) is 3.65. The van der Waals surface area contributed by atoms with E-state index in [4.69, 9.17) is 5.73 Å². The molecule has 6 nitrogen and oxygen atoms in total. The number of nitrogens with zero attached hydrogens (tertiary/aromatic N) is 1. The Bertz CT molecular complexity index is 408. The van der Waals surface area contributed by atoms with Gasteiger partial charge in [-0.15, -0.1) is 0 Å². The SMILES string of the molecule is CC(C)C(C)(CN)NC(=O)CN1CCCS1(=O)=O. The van der Waals surface area contributed by atoms with Gasteiger partial charge >= 0.3 is 0 Å². The Morgan fingerprint density at radius 1 is 1.50 bits per heavy atom. The number of rotatable bonds is 5. The Labute approximate surface area is 109 Å². The third-order valence-corrected chi connectivity index (χ3v) is 5.55. The number of nitrogens with one attached hydrogen (secondary N) is 1. The Morgan fingerprint density at radius 3 is 2.50 bits per heavy atom. The molecule has 3 N–H and O–H groups in total. The van der Waals surface area contributed by atoms with Gasteiger partial charge in [-0.25, -0.2) is 8.42 Å². The van der Waals surface area contributed by atoms with Crippen LogP contribution in [0, 0.1) is 5.92 Å². The van der Waals surface area contributed by atoms with Gasteiger partial charge in [0.1, 0.15) is 0 Å². The number of carbonyl (C=O) groups excluding carboxylic acids is 1. The van der Waals surface area contributed by atoms with Gasteiger partial charge in [0.2, 0.25) is 15.9 Å². The van der Waals surface area contributed by atoms with E-state index in [1.807, 2.05) is 20.8 Å². The molecule has 1 aliphatic rings. The predicted molar refractivity (Wildman–Crippen MR) is 70.4 cm³/mol. The molecule has 7 heteroatoms. The lowest BCUT2D eigenvalue weighted by atomic mass is 9.88. The molecule has 0 aromatic carbocycles. The highest BCUT2D eigenvalue weighted by molar-refractivity contribution is 7.89. The van der Waals surface area contributed by atoms with Crippen LogP contribution in [0.4, 0.5) is 0 Å². The van der Waals surface area contributed by atoms with Crippen molar-refractivity contribution in [2.45, 2.75) is 32.7 Å². The predicted octanol–water partition coefficient (Wildman–Crippen LogP) is -0.488. The first-order chi connectivity index (χ1) is 8.21. The van der Waals surface area contributed by atoms with Gasteiger partial charge in [0.15, 0.2) is 0 Å². The summed E-state index contributed by atoms with van der Waals surface area (Å²) in [6, 6.07) is 0. The van der Waals surface area contributed by atoms with Crippen LogP contribution in [0.3, 0.4) is 0 Å². The lowest BCUT2D eigenvalue weighted by Gasteiger charge is -2.34. The molecule has 1 aliphatic heterocycles. The summed E-state index contributed by atoms with van der Waals surface area (Å²) in [7, 11) is -3.22. The molecular weight excluding hydrogens is 254 g/mol. The molecule has 0 spiro atoms. The zero-order valence-electron chi connectivity index (χ0n) is 11.3. The van der Waals surface area contributed by atoms with Crippen LogP contribution in [0.2, 0.25) is 0 Å². The number of amides is 1. The van der Waals surface area contributed by atoms with Crippen molar-refractivity contribution in [3.8, 4) is 0 Å². The average Bonchev–Trinajstić information content (AvgIpc) is 2.57. The quantitative estimate of drug-likeness (QED) is 0.709. The topological polar surface area (TPSA) is 92.5 Å². The zero-order chi connectivity index (χ0) is 14.0. The third kappa shape index (κ3) is 3.43. The van der Waals surface area contributed by atoms with E-state index in [0.717, 1.165) is 0 Å². The van der Waals surface area contributed by atoms with Crippen molar-refractivity contribution < 1.29 is 13.2 Å². The largest absolute Gasteiger partial charge is 0.348 e. The van der Waals surface area contributed by atoms with E-state index in [2.05, 4.69) is 5.32 Å². The highest BCUT2D eigenvalue weighted by Crippen LogP contribution is 2.16. The summed E-state index contributed by atoms with van der Waals surface area (Å²) in [4.78, 5) is 11.9. The summed E-state index contributed by atoms with van der Waals surface area (Å²) in [6.07, 6.45) is 0.591. The molecule has 0 bridgehead atoms. The smallest absolute Gasteiger partial charge is 0.235 e. The van der Waals surface area contributed by atoms with Gasteiger partial charge in [0.25, 0.3) is 0 Å². The van der Waals surface area contributed by atoms with Crippen LogP contribution >= 0.6 is 0 Å². The van der Waals surface area contributed by atoms with Gasteiger partial charge in [-0.1, -0.05) is 13.8 Å². The molecule has 1 rings (SSSR count). The Kier molecular flexibility index (Phi) is 4.74. The van der Waals surface area contributed by atoms with Crippen LogP contribution < -0.4 is 11.1 Å². The number of hydrogen-bond donors (Lipinski definition) is 2. The van der Waals surface area contributed by atoms with Gasteiger partial charge in [-0.05, 0) is 19.3 Å². The molecule has 106 valence electrons. The molecule has 1 unspecified atom stereocenters. The molecule has 1 fully saturated rings. The van der Waals surface area contributed by atoms with E-state index in [1.165, 1.54) is 4.31 Å². The maximum Gasteiger partial charge on any atom is 0.235 e. The summed E-state index contributed by atoms with van der Waals surface area (Å²) < 4.78 is 24.4. The first-order valence-electron chi connectivity index (χ1n) is 6.20. The van der Waals surface area contributed by atoms with Crippen molar-refractivity contribution >= 4 is 15.9 Å². The fourth-order valence-electron chi connectivity index (χ4n) is 1.82. The first-order valence-corrected chi connectivity index (χ1v) is 7.81. The summed E-state index contributed by atoms with van der Waals surface area (Å²) in [5.41, 5.74) is 5.17. The average molecular weight is 277 g/mol. The van der Waals surface area contributed by atoms with Crippen molar-refractivity contribution in [2.75, 3.05) is 25.4 Å². The molecule has 1 heterocycles. The lowest BCUT2D eigenvalue weighted by Crippen LogP contribution is -2.57. The van der Waals surface area contributed by atoms with Crippen LogP contribution in [0.5, 0.6) is 0 Å². The number of hydrogen-bond acceptors (Lipinski definition) is 4. The fraction of sp³-hybridized carbons (Fsp3) is 0.909. The molecule has 1 atom stereocenters. The summed E-state index contributed by atoms with van der Waals surface area (Å²) >= 11 is 0. The van der Waals surface area contributed by atoms with E-state index in [9.17, 15) is 13.2 Å². The number of nitrogens with two attached hydrogens (primary N) is 1. The Hall–Kier alpha value is -0.660. The molecule has 0 saturated carbocycles. The normalized spacial score (nSPS) is 22.9. The maximum atomic E-state index is 11.9. The summed E-state index contributed by atoms with van der Waals surface area (Å²) in [6.45, 7) is 6.46. The van der Waals surface area contributed by atoms with Crippen LogP contribution in [0.25, 0.3) is 0 Å². The van der Waals surface area contributed by atoms with E-state index < -0.39 is 15.6 Å². The number of carbonyl (C=O) groups is 1. The second-order valence-electron chi connectivity index (χ2n) is 5.33. The standard InChI is InChI=1S/C11H23N3O3S/c1-9(2)11(3,8-12)13-10(15)7-14-5-4-6-18(14,16)17/h9H,4-8,12H2,1-3H3,(H,13,15). The molecule has 0 aromatic rings. The second kappa shape index (κ2) is 5.54. The minimum Gasteiger partial charge on any atom is -0.348 e. The monoisotopic (exact) mass is 277 g/mol. The van der Waals surface area contributed by atoms with Crippen molar-refractivity contribution in [2.24, 2.45) is 11.7 Å². The van der Waals surface area contributed by atoms with Crippen molar-refractivity contribution in [3.63, 3.8) is 0 Å². The first kappa shape index (κ1) is 15.4. The lowest BCUT2D eigenvalue weighted by molar-refractivity contribution is -0.123. The maximum absolute atomic E-state index is 11.9. The van der Waals surface area contributed by atoms with Crippen LogP contribution in [0.1, 0.15) is 27.2 Å². The van der Waals surface area contributed by atoms with Crippen LogP contribution in [-0.4, -0.2) is 49.6 Å². The Balaban J connectivity index is 2.62. The van der Waals surface area contributed by atoms with E-state index >= 15 is 0 Å². The summed E-state index contributed by atoms with van der Waals surface area (Å²) in [5, 5.41) is 2.84. The van der Waals surface area contributed by atoms with Crippen molar-refractivity contribution in [3.05, 3.63) is 0 Å². The fourth-order valence-corrected chi connectivity index (χ4v) is 3.29. The van der Waals surface area contributed by atoms with Gasteiger partial charge < -0.3 is 11.1 Å². The van der Waals surface area contributed by atoms with Gasteiger partial charge in [0.05, 0.1) is 17.8 Å². The summed E-state index contributed by atoms with van der Waals surface area (Å²) in [5.74, 6) is 0.0299. The molecule has 0 radical (unpaired) electrons. The molecule has 0 aromatic heterocycles. The molecular formula is C11H23N3O3S. The molecule has 1 saturated heterocycles. The minimum absolute atomic E-state index is 0.107.